The number of hydrogen-bond acceptors (Lipinski definition) is 6. The van der Waals surface area contributed by atoms with Crippen molar-refractivity contribution in [1.29, 1.82) is 0 Å². The van der Waals surface area contributed by atoms with Crippen molar-refractivity contribution < 1.29 is 38.4 Å². The molecular formula is C12H17N3O7PS+. The Bertz CT molecular complexity index is 862. The Balaban J connectivity index is 1.92. The number of fused-ring (bicyclic) bond motifs is 1. The zero-order chi connectivity index (χ0) is 17.6. The van der Waals surface area contributed by atoms with Gasteiger partial charge in [0.15, 0.2) is 11.8 Å². The minimum atomic E-state index is -4.70. The monoisotopic (exact) mass is 378 g/mol. The van der Waals surface area contributed by atoms with Gasteiger partial charge in [-0.2, -0.15) is 0 Å². The number of pyridine rings is 1. The summed E-state index contributed by atoms with van der Waals surface area (Å²) in [5, 5.41) is 20.3. The average molecular weight is 378 g/mol. The number of imidazole rings is 1. The lowest BCUT2D eigenvalue weighted by Crippen LogP contribution is -2.45. The van der Waals surface area contributed by atoms with Crippen molar-refractivity contribution in [2.45, 2.75) is 24.5 Å². The number of rotatable bonds is 4. The van der Waals surface area contributed by atoms with E-state index in [1.807, 2.05) is 0 Å². The van der Waals surface area contributed by atoms with Gasteiger partial charge in [0.2, 0.25) is 6.23 Å². The Morgan fingerprint density at radius 2 is 2.17 bits per heavy atom. The zero-order valence-corrected chi connectivity index (χ0v) is 14.2. The van der Waals surface area contributed by atoms with Gasteiger partial charge in [-0.15, -0.1) is 0 Å². The number of aliphatic hydroxyl groups is 2. The largest absolute Gasteiger partial charge is 0.469 e. The highest BCUT2D eigenvalue weighted by molar-refractivity contribution is 7.71. The van der Waals surface area contributed by atoms with E-state index in [9.17, 15) is 14.8 Å². The molecule has 0 bridgehead atoms. The van der Waals surface area contributed by atoms with E-state index < -0.39 is 39.0 Å². The van der Waals surface area contributed by atoms with Gasteiger partial charge in [0.1, 0.15) is 18.3 Å². The smallest absolute Gasteiger partial charge is 0.387 e. The zero-order valence-electron chi connectivity index (χ0n) is 12.5. The Morgan fingerprint density at radius 1 is 1.46 bits per heavy atom. The normalized spacial score (nSPS) is 27.9. The van der Waals surface area contributed by atoms with Crippen LogP contribution in [0.1, 0.15) is 6.23 Å². The Morgan fingerprint density at radius 3 is 2.83 bits per heavy atom. The van der Waals surface area contributed by atoms with Gasteiger partial charge in [-0.25, -0.2) is 9.13 Å². The number of hydrogen-bond donors (Lipinski definition) is 5. The van der Waals surface area contributed by atoms with Crippen LogP contribution < -0.4 is 4.57 Å². The van der Waals surface area contributed by atoms with Gasteiger partial charge in [0.25, 0.3) is 5.65 Å². The molecule has 2 unspecified atom stereocenters. The summed E-state index contributed by atoms with van der Waals surface area (Å²) in [7, 11) is -2.93. The third-order valence-electron chi connectivity index (χ3n) is 3.84. The van der Waals surface area contributed by atoms with Crippen LogP contribution in [-0.4, -0.2) is 54.5 Å². The number of phosphoric acid groups is 1. The summed E-state index contributed by atoms with van der Waals surface area (Å²) in [6.45, 7) is -0.555. The van der Waals surface area contributed by atoms with Crippen molar-refractivity contribution in [3.63, 3.8) is 0 Å². The molecule has 1 fully saturated rings. The highest BCUT2D eigenvalue weighted by Crippen LogP contribution is 2.37. The molecule has 132 valence electrons. The fraction of sp³-hybridized carbons (Fsp3) is 0.500. The summed E-state index contributed by atoms with van der Waals surface area (Å²) >= 11 is 5.27. The first kappa shape index (κ1) is 17.6. The van der Waals surface area contributed by atoms with Gasteiger partial charge in [-0.1, -0.05) is 12.2 Å². The molecular weight excluding hydrogens is 361 g/mol. The topological polar surface area (TPSA) is 141 Å². The standard InChI is InChI=1S/C12H16N3O7PS/c1-14-5-15(11-8(14)7(24)2-3-13-11)12-10(17)9(16)6(22-12)4-21-23(18,19)20/h2-3,5-6,9-10,12,16-17H,4H2,1H3,(H2-,13,18,19,20,24)/p+1/t6?,9-,10?,12-/m1/s1. The molecule has 1 aliphatic rings. The van der Waals surface area contributed by atoms with E-state index in [4.69, 9.17) is 26.7 Å². The number of nitrogens with zero attached hydrogens (tertiary/aromatic N) is 2. The second-order valence-corrected chi connectivity index (χ2v) is 7.18. The van der Waals surface area contributed by atoms with Crippen LogP contribution in [0.15, 0.2) is 18.6 Å². The van der Waals surface area contributed by atoms with Crippen molar-refractivity contribution in [2.75, 3.05) is 6.61 Å². The molecule has 5 N–H and O–H groups in total. The molecule has 1 saturated heterocycles. The lowest BCUT2D eigenvalue weighted by molar-refractivity contribution is -0.745. The molecule has 0 amide bonds. The summed E-state index contributed by atoms with van der Waals surface area (Å²) in [6.07, 6.45) is -1.45. The molecule has 24 heavy (non-hydrogen) atoms. The Hall–Kier alpha value is -1.17. The van der Waals surface area contributed by atoms with Crippen molar-refractivity contribution in [2.24, 2.45) is 7.05 Å². The van der Waals surface area contributed by atoms with Crippen LogP contribution in [0, 0.1) is 4.51 Å². The first-order valence-corrected chi connectivity index (χ1v) is 8.92. The Kier molecular flexibility index (Phi) is 4.62. The van der Waals surface area contributed by atoms with E-state index in [1.165, 1.54) is 0 Å². The molecule has 12 heteroatoms. The number of aryl methyl sites for hydroxylation is 1. The summed E-state index contributed by atoms with van der Waals surface area (Å²) in [6, 6.07) is 1.72. The fourth-order valence-corrected chi connectivity index (χ4v) is 3.41. The maximum absolute atomic E-state index is 10.8. The highest BCUT2D eigenvalue weighted by Gasteiger charge is 2.47. The SMILES string of the molecule is Cn1c[n+]([C@@H]2OC(COP(=O)(O)O)[C@@H](O)C2O)c2[nH]ccc(=S)c21. The van der Waals surface area contributed by atoms with Gasteiger partial charge in [0, 0.05) is 0 Å². The van der Waals surface area contributed by atoms with Gasteiger partial charge < -0.3 is 24.7 Å². The number of aromatic nitrogens is 3. The fourth-order valence-electron chi connectivity index (χ4n) is 2.76. The number of nitrogens with one attached hydrogen (secondary N) is 1. The molecule has 3 rings (SSSR count). The lowest BCUT2D eigenvalue weighted by atomic mass is 10.1. The van der Waals surface area contributed by atoms with E-state index in [0.717, 1.165) is 0 Å². The van der Waals surface area contributed by atoms with Crippen LogP contribution >= 0.6 is 20.0 Å². The minimum absolute atomic E-state index is 0.555. The average Bonchev–Trinajstić information content (AvgIpc) is 2.96. The quantitative estimate of drug-likeness (QED) is 0.266. The second kappa shape index (κ2) is 6.28. The summed E-state index contributed by atoms with van der Waals surface area (Å²) < 4.78 is 24.6. The van der Waals surface area contributed by atoms with Crippen LogP contribution in [0.3, 0.4) is 0 Å². The molecule has 0 spiro atoms. The maximum Gasteiger partial charge on any atom is 0.469 e. The number of phosphoric ester groups is 1. The minimum Gasteiger partial charge on any atom is -0.387 e. The third kappa shape index (κ3) is 3.17. The highest BCUT2D eigenvalue weighted by atomic mass is 32.1. The third-order valence-corrected chi connectivity index (χ3v) is 4.65. The molecule has 4 atom stereocenters. The lowest BCUT2D eigenvalue weighted by Gasteiger charge is -2.14. The van der Waals surface area contributed by atoms with Crippen LogP contribution in [-0.2, 0) is 20.9 Å². The predicted molar refractivity (Wildman–Crippen MR) is 82.2 cm³/mol. The van der Waals surface area contributed by atoms with Crippen molar-refractivity contribution >= 4 is 31.2 Å². The van der Waals surface area contributed by atoms with Crippen LogP contribution in [0.2, 0.25) is 0 Å². The molecule has 0 radical (unpaired) electrons. The molecule has 0 aromatic carbocycles. The molecule has 3 heterocycles. The van der Waals surface area contributed by atoms with Gasteiger partial charge in [-0.05, 0) is 6.07 Å². The van der Waals surface area contributed by atoms with Gasteiger partial charge in [-0.3, -0.25) is 14.1 Å². The van der Waals surface area contributed by atoms with Crippen LogP contribution in [0.5, 0.6) is 0 Å². The van der Waals surface area contributed by atoms with Crippen molar-refractivity contribution in [3.8, 4) is 0 Å². The van der Waals surface area contributed by atoms with Crippen LogP contribution in [0.25, 0.3) is 11.2 Å². The Labute approximate surface area is 141 Å². The van der Waals surface area contributed by atoms with E-state index in [0.29, 0.717) is 15.7 Å². The van der Waals surface area contributed by atoms with E-state index in [1.54, 1.807) is 34.8 Å². The second-order valence-electron chi connectivity index (χ2n) is 5.51. The summed E-state index contributed by atoms with van der Waals surface area (Å²) in [5.74, 6) is 0. The molecule has 10 nitrogen and oxygen atoms in total. The first-order chi connectivity index (χ1) is 11.2. The number of H-pyrrole nitrogens is 1. The van der Waals surface area contributed by atoms with Gasteiger partial charge in [0.05, 0.1) is 24.4 Å². The van der Waals surface area contributed by atoms with Crippen molar-refractivity contribution in [1.82, 2.24) is 9.55 Å². The predicted octanol–water partition coefficient (Wildman–Crippen LogP) is -0.748. The first-order valence-electron chi connectivity index (χ1n) is 6.98. The number of ether oxygens (including phenoxy) is 1. The van der Waals surface area contributed by atoms with E-state index in [-0.39, 0.29) is 0 Å². The summed E-state index contributed by atoms with van der Waals surface area (Å²) in [5.41, 5.74) is 1.30. The number of aromatic amines is 1. The van der Waals surface area contributed by atoms with E-state index in [2.05, 4.69) is 9.51 Å². The molecule has 0 aliphatic carbocycles. The maximum atomic E-state index is 10.8. The molecule has 2 aromatic heterocycles. The van der Waals surface area contributed by atoms with E-state index >= 15 is 0 Å². The molecule has 1 aliphatic heterocycles. The molecule has 2 aromatic rings. The summed E-state index contributed by atoms with van der Waals surface area (Å²) in [4.78, 5) is 20.5. The van der Waals surface area contributed by atoms with Gasteiger partial charge >= 0.3 is 7.82 Å². The number of aliphatic hydroxyl groups excluding tert-OH is 2. The molecule has 0 saturated carbocycles. The van der Waals surface area contributed by atoms with Crippen LogP contribution in [0.4, 0.5) is 0 Å². The van der Waals surface area contributed by atoms with Crippen molar-refractivity contribution in [3.05, 3.63) is 23.1 Å².